The van der Waals surface area contributed by atoms with E-state index in [9.17, 15) is 14.7 Å². The van der Waals surface area contributed by atoms with Crippen molar-refractivity contribution < 1.29 is 14.6 Å². The van der Waals surface area contributed by atoms with Gasteiger partial charge in [-0.1, -0.05) is 23.7 Å². The number of nitrogens with zero attached hydrogens (tertiary/aromatic N) is 2. The van der Waals surface area contributed by atoms with E-state index in [2.05, 4.69) is 9.97 Å². The third kappa shape index (κ3) is 3.81. The minimum absolute atomic E-state index is 0.0100. The van der Waals surface area contributed by atoms with Crippen molar-refractivity contribution >= 4 is 28.3 Å². The molecule has 5 rings (SSSR count). The molecular weight excluding hydrogens is 430 g/mol. The molecule has 0 bridgehead atoms. The average Bonchev–Trinajstić information content (AvgIpc) is 3.45. The zero-order valence-corrected chi connectivity index (χ0v) is 17.8. The topological polar surface area (TPSA) is 97.2 Å². The Hall–Kier alpha value is -3.42. The second kappa shape index (κ2) is 8.26. The summed E-state index contributed by atoms with van der Waals surface area (Å²) >= 11 is 6.03. The normalized spacial score (nSPS) is 16.0. The Morgan fingerprint density at radius 1 is 1.25 bits per heavy atom. The number of ketones is 1. The van der Waals surface area contributed by atoms with Crippen LogP contribution in [-0.2, 0) is 11.3 Å². The van der Waals surface area contributed by atoms with Gasteiger partial charge in [-0.2, -0.15) is 0 Å². The molecule has 1 aliphatic heterocycles. The smallest absolute Gasteiger partial charge is 0.259 e. The first kappa shape index (κ1) is 20.5. The van der Waals surface area contributed by atoms with Crippen LogP contribution in [0.5, 0.6) is 5.75 Å². The number of carbonyl (C=O) groups excluding carboxylic acids is 1. The van der Waals surface area contributed by atoms with Crippen LogP contribution in [-0.4, -0.2) is 38.1 Å². The number of carbonyl (C=O) groups is 1. The van der Waals surface area contributed by atoms with E-state index in [1.54, 1.807) is 30.5 Å². The fourth-order valence-corrected chi connectivity index (χ4v) is 4.22. The maximum atomic E-state index is 13.2. The van der Waals surface area contributed by atoms with Crippen LogP contribution in [0.2, 0.25) is 5.02 Å². The molecule has 0 radical (unpaired) electrons. The lowest BCUT2D eigenvalue weighted by Gasteiger charge is -2.13. The lowest BCUT2D eigenvalue weighted by molar-refractivity contribution is 0.0970. The first-order valence-corrected chi connectivity index (χ1v) is 10.7. The van der Waals surface area contributed by atoms with E-state index in [1.807, 2.05) is 10.6 Å². The second-order valence-electron chi connectivity index (χ2n) is 7.82. The number of H-pyrrole nitrogens is 1. The minimum atomic E-state index is -0.375. The monoisotopic (exact) mass is 449 g/mol. The van der Waals surface area contributed by atoms with Crippen molar-refractivity contribution in [3.63, 3.8) is 0 Å². The van der Waals surface area contributed by atoms with Crippen molar-refractivity contribution in [2.24, 2.45) is 0 Å². The van der Waals surface area contributed by atoms with E-state index in [1.165, 1.54) is 18.2 Å². The highest BCUT2D eigenvalue weighted by molar-refractivity contribution is 6.31. The number of halogens is 1. The zero-order valence-electron chi connectivity index (χ0n) is 17.0. The van der Waals surface area contributed by atoms with Crippen LogP contribution in [0.25, 0.3) is 22.4 Å². The van der Waals surface area contributed by atoms with Gasteiger partial charge in [-0.3, -0.25) is 9.59 Å². The van der Waals surface area contributed by atoms with E-state index in [4.69, 9.17) is 16.3 Å². The van der Waals surface area contributed by atoms with Crippen LogP contribution in [0.15, 0.2) is 59.5 Å². The number of phenols is 1. The molecule has 0 saturated carbocycles. The molecule has 1 aliphatic rings. The van der Waals surface area contributed by atoms with Crippen molar-refractivity contribution in [3.8, 4) is 17.3 Å². The Morgan fingerprint density at radius 3 is 2.91 bits per heavy atom. The van der Waals surface area contributed by atoms with Crippen LogP contribution in [0.3, 0.4) is 0 Å². The maximum Gasteiger partial charge on any atom is 0.259 e. The van der Waals surface area contributed by atoms with Gasteiger partial charge in [-0.15, -0.1) is 0 Å². The molecule has 1 saturated heterocycles. The van der Waals surface area contributed by atoms with E-state index in [0.717, 1.165) is 12.8 Å². The van der Waals surface area contributed by atoms with E-state index >= 15 is 0 Å². The number of para-hydroxylation sites is 1. The maximum absolute atomic E-state index is 13.2. The molecule has 2 aromatic heterocycles. The predicted octanol–water partition coefficient (Wildman–Crippen LogP) is 4.16. The highest BCUT2D eigenvalue weighted by Gasteiger charge is 2.23. The number of hydrogen-bond donors (Lipinski definition) is 2. The van der Waals surface area contributed by atoms with Crippen LogP contribution in [0.4, 0.5) is 0 Å². The molecule has 0 amide bonds. The summed E-state index contributed by atoms with van der Waals surface area (Å²) in [4.78, 5) is 33.3. The van der Waals surface area contributed by atoms with Gasteiger partial charge in [0.2, 0.25) is 0 Å². The van der Waals surface area contributed by atoms with Crippen LogP contribution < -0.4 is 5.56 Å². The van der Waals surface area contributed by atoms with Gasteiger partial charge < -0.3 is 19.4 Å². The molecule has 0 aliphatic carbocycles. The van der Waals surface area contributed by atoms with Gasteiger partial charge in [0.25, 0.3) is 5.56 Å². The number of aromatic hydroxyl groups is 1. The lowest BCUT2D eigenvalue weighted by Crippen LogP contribution is -2.17. The molecule has 3 heterocycles. The number of hydrogen-bond acceptors (Lipinski definition) is 5. The zero-order chi connectivity index (χ0) is 22.2. The summed E-state index contributed by atoms with van der Waals surface area (Å²) in [5, 5.41) is 11.0. The number of ether oxygens (including phenoxy) is 1. The highest BCUT2D eigenvalue weighted by atomic mass is 35.5. The van der Waals surface area contributed by atoms with Gasteiger partial charge in [0.05, 0.1) is 28.3 Å². The first-order valence-electron chi connectivity index (χ1n) is 10.3. The Morgan fingerprint density at radius 2 is 2.09 bits per heavy atom. The SMILES string of the molecule is O=C(c1cc(-c2nc3ccccc3c(=O)[nH]2)n(CC2CCCO2)c1)c1cc(Cl)ccc1O. The molecule has 2 N–H and O–H groups in total. The lowest BCUT2D eigenvalue weighted by atomic mass is 10.0. The predicted molar refractivity (Wildman–Crippen MR) is 121 cm³/mol. The average molecular weight is 450 g/mol. The summed E-state index contributed by atoms with van der Waals surface area (Å²) in [6, 6.07) is 13.1. The molecule has 162 valence electrons. The van der Waals surface area contributed by atoms with Crippen molar-refractivity contribution in [2.45, 2.75) is 25.5 Å². The molecule has 0 spiro atoms. The molecule has 8 heteroatoms. The highest BCUT2D eigenvalue weighted by Crippen LogP contribution is 2.28. The number of phenolic OH excluding ortho intramolecular Hbond substituents is 1. The van der Waals surface area contributed by atoms with Gasteiger partial charge in [-0.25, -0.2) is 4.98 Å². The summed E-state index contributed by atoms with van der Waals surface area (Å²) in [6.07, 6.45) is 3.61. The molecule has 4 aromatic rings. The number of fused-ring (bicyclic) bond motifs is 1. The number of aromatic amines is 1. The number of benzene rings is 2. The Kier molecular flexibility index (Phi) is 5.28. The second-order valence-corrected chi connectivity index (χ2v) is 8.26. The summed E-state index contributed by atoms with van der Waals surface area (Å²) in [5.74, 6) is -0.161. The largest absolute Gasteiger partial charge is 0.507 e. The van der Waals surface area contributed by atoms with Crippen molar-refractivity contribution in [3.05, 3.63) is 81.2 Å². The van der Waals surface area contributed by atoms with Gasteiger partial charge in [-0.05, 0) is 49.2 Å². The molecule has 32 heavy (non-hydrogen) atoms. The fourth-order valence-electron chi connectivity index (χ4n) is 4.05. The summed E-state index contributed by atoms with van der Waals surface area (Å²) in [7, 11) is 0. The molecule has 2 aromatic carbocycles. The van der Waals surface area contributed by atoms with Crippen LogP contribution >= 0.6 is 11.6 Å². The third-order valence-electron chi connectivity index (χ3n) is 5.64. The van der Waals surface area contributed by atoms with E-state index in [0.29, 0.717) is 46.2 Å². The fraction of sp³-hybridized carbons (Fsp3) is 0.208. The summed E-state index contributed by atoms with van der Waals surface area (Å²) in [5.41, 5.74) is 1.37. The van der Waals surface area contributed by atoms with Gasteiger partial charge in [0.1, 0.15) is 5.75 Å². The van der Waals surface area contributed by atoms with Gasteiger partial charge in [0.15, 0.2) is 11.6 Å². The van der Waals surface area contributed by atoms with Gasteiger partial charge in [0, 0.05) is 29.9 Å². The van der Waals surface area contributed by atoms with Crippen molar-refractivity contribution in [2.75, 3.05) is 6.61 Å². The van der Waals surface area contributed by atoms with Crippen LogP contribution in [0, 0.1) is 0 Å². The number of rotatable bonds is 5. The number of aromatic nitrogens is 3. The minimum Gasteiger partial charge on any atom is -0.507 e. The summed E-state index contributed by atoms with van der Waals surface area (Å²) < 4.78 is 7.65. The first-order chi connectivity index (χ1) is 15.5. The quantitative estimate of drug-likeness (QED) is 0.446. The van der Waals surface area contributed by atoms with E-state index in [-0.39, 0.29) is 28.8 Å². The molecule has 7 nitrogen and oxygen atoms in total. The van der Waals surface area contributed by atoms with Crippen molar-refractivity contribution in [1.82, 2.24) is 14.5 Å². The van der Waals surface area contributed by atoms with Crippen molar-refractivity contribution in [1.29, 1.82) is 0 Å². The Balaban J connectivity index is 1.62. The molecule has 1 atom stereocenters. The number of nitrogens with one attached hydrogen (secondary N) is 1. The Bertz CT molecular complexity index is 1390. The molecular formula is C24H20ClN3O4. The molecule has 1 fully saturated rings. The third-order valence-corrected chi connectivity index (χ3v) is 5.88. The Labute approximate surface area is 188 Å². The standard InChI is InChI=1S/C24H20ClN3O4/c25-15-7-8-21(29)18(11-15)22(30)14-10-20(28(12-14)13-16-4-3-9-32-16)23-26-19-6-2-1-5-17(19)24(31)27-23/h1-2,5-8,10-12,16,29H,3-4,9,13H2,(H,26,27,31). The van der Waals surface area contributed by atoms with Crippen LogP contribution in [0.1, 0.15) is 28.8 Å². The van der Waals surface area contributed by atoms with E-state index < -0.39 is 0 Å². The molecule has 1 unspecified atom stereocenters. The summed E-state index contributed by atoms with van der Waals surface area (Å²) in [6.45, 7) is 1.22. The van der Waals surface area contributed by atoms with Gasteiger partial charge >= 0.3 is 0 Å².